The third-order valence-electron chi connectivity index (χ3n) is 6.21. The van der Waals surface area contributed by atoms with E-state index in [4.69, 9.17) is 0 Å². The van der Waals surface area contributed by atoms with Crippen LogP contribution in [0.3, 0.4) is 0 Å². The van der Waals surface area contributed by atoms with Crippen LogP contribution in [0.5, 0.6) is 0 Å². The predicted octanol–water partition coefficient (Wildman–Crippen LogP) is 3.11. The Morgan fingerprint density at radius 1 is 1.14 bits per heavy atom. The van der Waals surface area contributed by atoms with Gasteiger partial charge in [-0.2, -0.15) is 5.26 Å². The van der Waals surface area contributed by atoms with Gasteiger partial charge in [0.1, 0.15) is 17.7 Å². The fraction of sp³-hybridized carbons (Fsp3) is 0.409. The molecule has 6 heteroatoms. The maximum absolute atomic E-state index is 14.5. The molecule has 1 aromatic carbocycles. The summed E-state index contributed by atoms with van der Waals surface area (Å²) < 4.78 is 14.5. The molecule has 2 aromatic rings. The second-order valence-electron chi connectivity index (χ2n) is 8.21. The van der Waals surface area contributed by atoms with Crippen LogP contribution >= 0.6 is 0 Å². The molecule has 2 aliphatic rings. The molecule has 28 heavy (non-hydrogen) atoms. The van der Waals surface area contributed by atoms with E-state index in [1.54, 1.807) is 36.5 Å². The maximum atomic E-state index is 14.5. The summed E-state index contributed by atoms with van der Waals surface area (Å²) in [6.07, 6.45) is 2.33. The van der Waals surface area contributed by atoms with Crippen molar-refractivity contribution in [2.24, 2.45) is 5.41 Å². The van der Waals surface area contributed by atoms with E-state index in [2.05, 4.69) is 11.1 Å². The van der Waals surface area contributed by atoms with Crippen LogP contribution in [-0.4, -0.2) is 42.0 Å². The fourth-order valence-electron chi connectivity index (χ4n) is 4.49. The Kier molecular flexibility index (Phi) is 4.34. The Labute approximate surface area is 164 Å². The predicted molar refractivity (Wildman–Crippen MR) is 104 cm³/mol. The summed E-state index contributed by atoms with van der Waals surface area (Å²) in [6, 6.07) is 12.3. The molecule has 144 valence electrons. The summed E-state index contributed by atoms with van der Waals surface area (Å²) in [5, 5.41) is 9.30. The average molecular weight is 378 g/mol. The van der Waals surface area contributed by atoms with E-state index in [9.17, 15) is 14.4 Å². The van der Waals surface area contributed by atoms with E-state index in [1.807, 2.05) is 23.6 Å². The molecular formula is C22H23FN4O. The number of rotatable bonds is 3. The molecule has 0 bridgehead atoms. The first-order valence-corrected chi connectivity index (χ1v) is 9.55. The number of hydrogen-bond donors (Lipinski definition) is 0. The zero-order valence-electron chi connectivity index (χ0n) is 16.2. The molecule has 1 aliphatic heterocycles. The molecule has 1 saturated carbocycles. The minimum absolute atomic E-state index is 0.00350. The van der Waals surface area contributed by atoms with Gasteiger partial charge in [0, 0.05) is 37.9 Å². The standard InChI is InChI=1S/C22H23FN4O/c1-21(2)15-22(21,17-7-3-4-8-18(17)23)20(28)27-12-10-26(11-13-27)19-16(14-24)6-5-9-25-19/h3-9H,10-13,15H2,1-2H3. The highest BCUT2D eigenvalue weighted by Gasteiger charge is 2.68. The van der Waals surface area contributed by atoms with Crippen molar-refractivity contribution in [1.82, 2.24) is 9.88 Å². The summed E-state index contributed by atoms with van der Waals surface area (Å²) in [5.74, 6) is 0.351. The van der Waals surface area contributed by atoms with Crippen molar-refractivity contribution in [3.05, 3.63) is 59.5 Å². The molecule has 5 nitrogen and oxygen atoms in total. The minimum Gasteiger partial charge on any atom is -0.352 e. The molecule has 1 saturated heterocycles. The van der Waals surface area contributed by atoms with E-state index in [0.29, 0.717) is 49.5 Å². The molecule has 1 aliphatic carbocycles. The third kappa shape index (κ3) is 2.73. The van der Waals surface area contributed by atoms with E-state index >= 15 is 0 Å². The molecule has 2 heterocycles. The summed E-state index contributed by atoms with van der Waals surface area (Å²) in [4.78, 5) is 21.7. The van der Waals surface area contributed by atoms with Crippen LogP contribution in [0.25, 0.3) is 0 Å². The van der Waals surface area contributed by atoms with Gasteiger partial charge < -0.3 is 9.80 Å². The highest BCUT2D eigenvalue weighted by Crippen LogP contribution is 2.65. The van der Waals surface area contributed by atoms with E-state index in [0.717, 1.165) is 0 Å². The van der Waals surface area contributed by atoms with Gasteiger partial charge in [-0.05, 0) is 30.0 Å². The molecule has 1 unspecified atom stereocenters. The van der Waals surface area contributed by atoms with Crippen LogP contribution in [0, 0.1) is 22.6 Å². The van der Waals surface area contributed by atoms with Crippen molar-refractivity contribution in [2.75, 3.05) is 31.1 Å². The second kappa shape index (κ2) is 6.59. The van der Waals surface area contributed by atoms with Crippen molar-refractivity contribution in [3.8, 4) is 6.07 Å². The number of halogens is 1. The van der Waals surface area contributed by atoms with Gasteiger partial charge in [-0.3, -0.25) is 4.79 Å². The number of benzene rings is 1. The molecular weight excluding hydrogens is 355 g/mol. The largest absolute Gasteiger partial charge is 0.352 e. The van der Waals surface area contributed by atoms with Crippen LogP contribution in [0.15, 0.2) is 42.6 Å². The number of nitrogens with zero attached hydrogens (tertiary/aromatic N) is 4. The second-order valence-corrected chi connectivity index (χ2v) is 8.21. The van der Waals surface area contributed by atoms with E-state index in [-0.39, 0.29) is 17.1 Å². The molecule has 1 aromatic heterocycles. The van der Waals surface area contributed by atoms with Crippen LogP contribution in [0.4, 0.5) is 10.2 Å². The van der Waals surface area contributed by atoms with Crippen molar-refractivity contribution < 1.29 is 9.18 Å². The molecule has 0 N–H and O–H groups in total. The number of anilines is 1. The summed E-state index contributed by atoms with van der Waals surface area (Å²) in [6.45, 7) is 6.33. The smallest absolute Gasteiger partial charge is 0.234 e. The normalized spacial score (nSPS) is 23.2. The first kappa shape index (κ1) is 18.4. The molecule has 1 atom stereocenters. The zero-order chi connectivity index (χ0) is 19.9. The molecule has 0 spiro atoms. The number of carbonyl (C=O) groups excluding carboxylic acids is 1. The monoisotopic (exact) mass is 378 g/mol. The van der Waals surface area contributed by atoms with E-state index < -0.39 is 5.41 Å². The molecule has 4 rings (SSSR count). The van der Waals surface area contributed by atoms with Gasteiger partial charge >= 0.3 is 0 Å². The number of carbonyl (C=O) groups is 1. The highest BCUT2D eigenvalue weighted by atomic mass is 19.1. The fourth-order valence-corrected chi connectivity index (χ4v) is 4.49. The van der Waals surface area contributed by atoms with Gasteiger partial charge in [-0.15, -0.1) is 0 Å². The molecule has 2 fully saturated rings. The van der Waals surface area contributed by atoms with E-state index in [1.165, 1.54) is 6.07 Å². The number of aromatic nitrogens is 1. The van der Waals surface area contributed by atoms with Crippen molar-refractivity contribution in [2.45, 2.75) is 25.7 Å². The third-order valence-corrected chi connectivity index (χ3v) is 6.21. The van der Waals surface area contributed by atoms with Gasteiger partial charge in [0.15, 0.2) is 0 Å². The Hall–Kier alpha value is -2.94. The van der Waals surface area contributed by atoms with Crippen LogP contribution < -0.4 is 4.90 Å². The number of hydrogen-bond acceptors (Lipinski definition) is 4. The molecule has 1 amide bonds. The number of amides is 1. The first-order chi connectivity index (χ1) is 13.4. The van der Waals surface area contributed by atoms with Crippen LogP contribution in [0.1, 0.15) is 31.4 Å². The lowest BCUT2D eigenvalue weighted by atomic mass is 9.86. The summed E-state index contributed by atoms with van der Waals surface area (Å²) >= 11 is 0. The van der Waals surface area contributed by atoms with Gasteiger partial charge in [0.25, 0.3) is 0 Å². The minimum atomic E-state index is -0.788. The van der Waals surface area contributed by atoms with Crippen LogP contribution in [-0.2, 0) is 10.2 Å². The van der Waals surface area contributed by atoms with Crippen molar-refractivity contribution in [3.63, 3.8) is 0 Å². The Balaban J connectivity index is 1.54. The van der Waals surface area contributed by atoms with Crippen LogP contribution in [0.2, 0.25) is 0 Å². The molecule has 0 radical (unpaired) electrons. The summed E-state index contributed by atoms with van der Waals surface area (Å²) in [5.41, 5.74) is -0.0147. The number of nitriles is 1. The first-order valence-electron chi connectivity index (χ1n) is 9.55. The lowest BCUT2D eigenvalue weighted by molar-refractivity contribution is -0.135. The zero-order valence-corrected chi connectivity index (χ0v) is 16.2. The highest BCUT2D eigenvalue weighted by molar-refractivity contribution is 5.93. The maximum Gasteiger partial charge on any atom is 0.234 e. The lowest BCUT2D eigenvalue weighted by Crippen LogP contribution is -2.52. The Morgan fingerprint density at radius 2 is 1.82 bits per heavy atom. The lowest BCUT2D eigenvalue weighted by Gasteiger charge is -2.38. The summed E-state index contributed by atoms with van der Waals surface area (Å²) in [7, 11) is 0. The topological polar surface area (TPSA) is 60.2 Å². The van der Waals surface area contributed by atoms with Gasteiger partial charge in [-0.1, -0.05) is 32.0 Å². The number of pyridine rings is 1. The quantitative estimate of drug-likeness (QED) is 0.823. The average Bonchev–Trinajstić information content (AvgIpc) is 3.30. The van der Waals surface area contributed by atoms with Gasteiger partial charge in [0.05, 0.1) is 11.0 Å². The Morgan fingerprint density at radius 3 is 2.43 bits per heavy atom. The van der Waals surface area contributed by atoms with Crippen molar-refractivity contribution in [1.29, 1.82) is 5.26 Å². The van der Waals surface area contributed by atoms with Gasteiger partial charge in [-0.25, -0.2) is 9.37 Å². The SMILES string of the molecule is CC1(C)CC1(C(=O)N1CCN(c2ncccc2C#N)CC1)c1ccccc1F. The number of piperazine rings is 1. The van der Waals surface area contributed by atoms with Crippen molar-refractivity contribution >= 4 is 11.7 Å². The Bertz CT molecular complexity index is 959. The van der Waals surface area contributed by atoms with Gasteiger partial charge in [0.2, 0.25) is 5.91 Å².